The average molecular weight is 701 g/mol. The molecule has 1 atom stereocenters. The normalized spacial score (nSPS) is 17.4. The van der Waals surface area contributed by atoms with Crippen molar-refractivity contribution in [1.82, 2.24) is 4.57 Å². The Labute approximate surface area is 296 Å². The molecule has 6 aromatic carbocycles. The van der Waals surface area contributed by atoms with Gasteiger partial charge in [0.05, 0.1) is 36.9 Å². The maximum Gasteiger partial charge on any atom is 0.416 e. The molecule has 9 heteroatoms. The molecule has 1 saturated heterocycles. The highest BCUT2D eigenvalue weighted by molar-refractivity contribution is 6.09. The fourth-order valence-electron chi connectivity index (χ4n) is 7.75. The molecule has 5 nitrogen and oxygen atoms in total. The summed E-state index contributed by atoms with van der Waals surface area (Å²) < 4.78 is 77.8. The van der Waals surface area contributed by atoms with Crippen molar-refractivity contribution in [2.45, 2.75) is 11.8 Å². The Morgan fingerprint density at radius 2 is 1.42 bits per heavy atom. The summed E-state index contributed by atoms with van der Waals surface area (Å²) >= 11 is 0. The summed E-state index contributed by atoms with van der Waals surface area (Å²) in [7, 11) is 1.62. The first-order valence-electron chi connectivity index (χ1n) is 17.1. The highest BCUT2D eigenvalue weighted by Crippen LogP contribution is 2.48. The van der Waals surface area contributed by atoms with E-state index in [2.05, 4.69) is 33.7 Å². The Morgan fingerprint density at radius 1 is 0.731 bits per heavy atom. The van der Waals surface area contributed by atoms with Crippen LogP contribution in [0.25, 0.3) is 44.3 Å². The monoisotopic (exact) mass is 700 g/mol. The zero-order valence-electron chi connectivity index (χ0n) is 28.1. The predicted octanol–water partition coefficient (Wildman–Crippen LogP) is 10.3. The number of rotatable bonds is 5. The number of aromatic nitrogens is 1. The lowest BCUT2D eigenvalue weighted by Gasteiger charge is -2.38. The molecule has 9 rings (SSSR count). The molecule has 1 aromatic heterocycles. The third-order valence-corrected chi connectivity index (χ3v) is 10.3. The second-order valence-electron chi connectivity index (χ2n) is 13.1. The number of alkyl halides is 3. The number of hydrogen-bond donors (Lipinski definition) is 0. The van der Waals surface area contributed by atoms with Gasteiger partial charge in [0.2, 0.25) is 0 Å². The summed E-state index contributed by atoms with van der Waals surface area (Å²) in [5.41, 5.74) is 2.47. The summed E-state index contributed by atoms with van der Waals surface area (Å²) in [5, 5.41) is 4.08. The molecular weight excluding hydrogens is 668 g/mol. The molecule has 0 amide bonds. The van der Waals surface area contributed by atoms with Crippen LogP contribution in [0.15, 0.2) is 121 Å². The third kappa shape index (κ3) is 5.10. The third-order valence-electron chi connectivity index (χ3n) is 10.3. The Kier molecular flexibility index (Phi) is 7.52. The number of nitrogens with zero attached hydrogens (tertiary/aromatic N) is 2. The van der Waals surface area contributed by atoms with Crippen LogP contribution < -0.4 is 14.4 Å². The molecule has 1 fully saturated rings. The molecule has 2 aliphatic heterocycles. The lowest BCUT2D eigenvalue weighted by atomic mass is 9.82. The van der Waals surface area contributed by atoms with Crippen LogP contribution in [0.5, 0.6) is 11.5 Å². The molecule has 7 aromatic rings. The van der Waals surface area contributed by atoms with Crippen LogP contribution in [0.3, 0.4) is 0 Å². The highest BCUT2D eigenvalue weighted by atomic mass is 19.4. The van der Waals surface area contributed by atoms with E-state index in [0.29, 0.717) is 49.4 Å². The second kappa shape index (κ2) is 12.2. The van der Waals surface area contributed by atoms with Crippen molar-refractivity contribution in [3.63, 3.8) is 0 Å². The van der Waals surface area contributed by atoms with Crippen LogP contribution in [-0.4, -0.2) is 38.0 Å². The number of methoxy groups -OCH3 is 1. The van der Waals surface area contributed by atoms with E-state index in [0.717, 1.165) is 55.6 Å². The van der Waals surface area contributed by atoms with Crippen molar-refractivity contribution in [2.24, 2.45) is 0 Å². The van der Waals surface area contributed by atoms with Gasteiger partial charge in [-0.05, 0) is 72.1 Å². The fraction of sp³-hybridized carbons (Fsp3) is 0.163. The smallest absolute Gasteiger partial charge is 0.416 e. The SMILES string of the molecule is COc1ccc2c3c(cc(N4CCOCC4)c2c1)OC(c1ccc(-n2c4ccccc4c4ccccc42)cc1)(c1ccc(C(F)(F)F)cc1F)C=C3. The van der Waals surface area contributed by atoms with Gasteiger partial charge in [0.25, 0.3) is 0 Å². The molecule has 0 radical (unpaired) electrons. The summed E-state index contributed by atoms with van der Waals surface area (Å²) in [4.78, 5) is 2.22. The Balaban J connectivity index is 1.23. The van der Waals surface area contributed by atoms with E-state index in [4.69, 9.17) is 14.2 Å². The van der Waals surface area contributed by atoms with Crippen molar-refractivity contribution in [3.05, 3.63) is 149 Å². The van der Waals surface area contributed by atoms with Crippen molar-refractivity contribution < 1.29 is 31.8 Å². The average Bonchev–Trinajstić information content (AvgIpc) is 3.51. The summed E-state index contributed by atoms with van der Waals surface area (Å²) in [5.74, 6) is 0.160. The van der Waals surface area contributed by atoms with E-state index < -0.39 is 23.2 Å². The topological polar surface area (TPSA) is 35.9 Å². The van der Waals surface area contributed by atoms with Gasteiger partial charge in [0.15, 0.2) is 5.60 Å². The number of anilines is 1. The van der Waals surface area contributed by atoms with E-state index in [1.54, 1.807) is 13.2 Å². The van der Waals surface area contributed by atoms with Gasteiger partial charge in [-0.1, -0.05) is 54.6 Å². The van der Waals surface area contributed by atoms with Crippen LogP contribution in [0, 0.1) is 5.82 Å². The van der Waals surface area contributed by atoms with Gasteiger partial charge < -0.3 is 23.7 Å². The molecule has 1 unspecified atom stereocenters. The molecule has 2 aliphatic rings. The first-order valence-corrected chi connectivity index (χ1v) is 17.1. The quantitative estimate of drug-likeness (QED) is 0.168. The molecule has 3 heterocycles. The highest BCUT2D eigenvalue weighted by Gasteiger charge is 2.42. The van der Waals surface area contributed by atoms with Gasteiger partial charge in [0, 0.05) is 63.4 Å². The molecule has 260 valence electrons. The van der Waals surface area contributed by atoms with Gasteiger partial charge in [-0.3, -0.25) is 0 Å². The van der Waals surface area contributed by atoms with Gasteiger partial charge in [-0.15, -0.1) is 0 Å². The first-order chi connectivity index (χ1) is 25.2. The second-order valence-corrected chi connectivity index (χ2v) is 13.1. The molecule has 0 saturated carbocycles. The van der Waals surface area contributed by atoms with Crippen molar-refractivity contribution in [3.8, 4) is 17.2 Å². The molecule has 0 N–H and O–H groups in total. The van der Waals surface area contributed by atoms with E-state index >= 15 is 4.39 Å². The zero-order chi connectivity index (χ0) is 35.6. The number of ether oxygens (including phenoxy) is 3. The summed E-state index contributed by atoms with van der Waals surface area (Å²) in [6, 6.07) is 34.4. The minimum atomic E-state index is -4.71. The lowest BCUT2D eigenvalue weighted by Crippen LogP contribution is -2.37. The predicted molar refractivity (Wildman–Crippen MR) is 196 cm³/mol. The summed E-state index contributed by atoms with van der Waals surface area (Å²) in [6.07, 6.45) is -1.08. The maximum atomic E-state index is 16.2. The van der Waals surface area contributed by atoms with Crippen molar-refractivity contribution >= 4 is 44.3 Å². The van der Waals surface area contributed by atoms with Gasteiger partial charge >= 0.3 is 6.18 Å². The number of halogens is 4. The van der Waals surface area contributed by atoms with E-state index in [-0.39, 0.29) is 5.56 Å². The number of morpholine rings is 1. The Hall–Kier alpha value is -5.80. The van der Waals surface area contributed by atoms with E-state index in [1.165, 1.54) is 6.07 Å². The van der Waals surface area contributed by atoms with Crippen LogP contribution in [-0.2, 0) is 16.5 Å². The first kappa shape index (κ1) is 32.1. The minimum Gasteiger partial charge on any atom is -0.497 e. The van der Waals surface area contributed by atoms with Gasteiger partial charge in [-0.2, -0.15) is 13.2 Å². The van der Waals surface area contributed by atoms with Crippen LogP contribution in [0.2, 0.25) is 0 Å². The molecule has 0 bridgehead atoms. The zero-order valence-corrected chi connectivity index (χ0v) is 28.1. The Morgan fingerprint density at radius 3 is 2.08 bits per heavy atom. The molecule has 0 aliphatic carbocycles. The van der Waals surface area contributed by atoms with Gasteiger partial charge in [0.1, 0.15) is 17.3 Å². The number of fused-ring (bicyclic) bond motifs is 6. The minimum absolute atomic E-state index is 0.0326. The van der Waals surface area contributed by atoms with Crippen LogP contribution >= 0.6 is 0 Å². The van der Waals surface area contributed by atoms with Crippen molar-refractivity contribution in [1.29, 1.82) is 0 Å². The van der Waals surface area contributed by atoms with E-state index in [9.17, 15) is 13.2 Å². The fourth-order valence-corrected chi connectivity index (χ4v) is 7.75. The standard InChI is InChI=1S/C43H32F4N2O3/c1-50-30-15-16-31-34-18-19-42(36-17-12-28(24-37(36)44)43(45,46)47,52-41(34)26-40(35(31)25-30)48-20-22-51-23-21-48)27-10-13-29(14-11-27)49-38-8-4-2-6-32(38)33-7-3-5-9-39(33)49/h2-19,24-26H,20-23H2,1H3. The molecule has 0 spiro atoms. The largest absolute Gasteiger partial charge is 0.497 e. The maximum absolute atomic E-state index is 16.2. The number of para-hydroxylation sites is 2. The van der Waals surface area contributed by atoms with Crippen LogP contribution in [0.4, 0.5) is 23.2 Å². The van der Waals surface area contributed by atoms with Gasteiger partial charge in [-0.25, -0.2) is 4.39 Å². The lowest BCUT2D eigenvalue weighted by molar-refractivity contribution is -0.137. The van der Waals surface area contributed by atoms with E-state index in [1.807, 2.05) is 78.9 Å². The molecule has 52 heavy (non-hydrogen) atoms. The van der Waals surface area contributed by atoms with Crippen LogP contribution in [0.1, 0.15) is 22.3 Å². The molecular formula is C43H32F4N2O3. The number of hydrogen-bond acceptors (Lipinski definition) is 4. The summed E-state index contributed by atoms with van der Waals surface area (Å²) in [6.45, 7) is 2.43. The Bertz CT molecular complexity index is 2480. The van der Waals surface area contributed by atoms with Crippen molar-refractivity contribution in [2.75, 3.05) is 38.3 Å². The number of benzene rings is 6.